The lowest BCUT2D eigenvalue weighted by molar-refractivity contribution is -0.633. The smallest absolute Gasteiger partial charge is 0.287 e. The maximum Gasteiger partial charge on any atom is 0.287 e. The molecule has 15 aromatic rings. The fraction of sp³-hybridized carbons (Fsp3) is 0.206. The average Bonchev–Trinajstić information content (AvgIpc) is 1.66. The maximum atomic E-state index is 12.4. The number of fused-ring (bicyclic) bond motifs is 4. The van der Waals surface area contributed by atoms with E-state index < -0.39 is 0 Å². The number of aliphatic imine (C=N–C) groups is 2. The van der Waals surface area contributed by atoms with Crippen LogP contribution in [0.4, 0.5) is 0 Å². The Morgan fingerprint density at radius 2 is 0.726 bits per heavy atom. The molecule has 0 bridgehead atoms. The van der Waals surface area contributed by atoms with Crippen molar-refractivity contribution >= 4 is 86.5 Å². The minimum Gasteiger partial charge on any atom is -0.327 e. The van der Waals surface area contributed by atoms with Crippen LogP contribution in [0.3, 0.4) is 0 Å². The molecule has 16 nitrogen and oxygen atoms in total. The minimum absolute atomic E-state index is 0.0948. The molecule has 16 heteroatoms. The van der Waals surface area contributed by atoms with Crippen molar-refractivity contribution in [3.05, 3.63) is 319 Å². The van der Waals surface area contributed by atoms with Gasteiger partial charge in [0.2, 0.25) is 0 Å². The molecule has 0 aliphatic rings. The van der Waals surface area contributed by atoms with Crippen LogP contribution in [0.5, 0.6) is 0 Å². The molecule has 570 valence electrons. The second kappa shape index (κ2) is 37.1. The number of imidazole rings is 4. The first-order chi connectivity index (χ1) is 54.4. The second-order valence-electron chi connectivity index (χ2n) is 29.1. The minimum atomic E-state index is 0.0948. The summed E-state index contributed by atoms with van der Waals surface area (Å²) >= 11 is 0. The number of hydrogen-bond acceptors (Lipinski definition) is 11. The fourth-order valence-electron chi connectivity index (χ4n) is 13.7. The van der Waals surface area contributed by atoms with Crippen LogP contribution in [0.25, 0.3) is 89.7 Å². The Bertz CT molecular complexity index is 5880. The third-order valence-electron chi connectivity index (χ3n) is 20.5. The van der Waals surface area contributed by atoms with Gasteiger partial charge in [-0.3, -0.25) is 34.0 Å². The van der Waals surface area contributed by atoms with Crippen molar-refractivity contribution in [3.63, 3.8) is 0 Å². The monoisotopic (exact) mass is 1500 g/mol. The van der Waals surface area contributed by atoms with E-state index in [0.717, 1.165) is 152 Å². The number of Topliss-reactive ketones (excluding diaryl/α,β-unsaturated/α-hetero) is 3. The van der Waals surface area contributed by atoms with E-state index in [1.54, 1.807) is 12.4 Å². The number of aryl methyl sites for hydroxylation is 14. The Hall–Kier alpha value is -13.1. The van der Waals surface area contributed by atoms with Gasteiger partial charge in [-0.1, -0.05) is 174 Å². The maximum absolute atomic E-state index is 12.4. The number of H-pyrrole nitrogens is 1. The lowest BCUT2D eigenvalue weighted by atomic mass is 9.98. The number of nitrogens with zero attached hydrogens (tertiary/aromatic N) is 9. The van der Waals surface area contributed by atoms with E-state index in [4.69, 9.17) is 15.7 Å². The summed E-state index contributed by atoms with van der Waals surface area (Å²) in [6.45, 7) is 21.0. The van der Waals surface area contributed by atoms with Crippen molar-refractivity contribution in [1.29, 1.82) is 0 Å². The number of rotatable bonds is 19. The predicted molar refractivity (Wildman–Crippen MR) is 461 cm³/mol. The Labute approximate surface area is 661 Å². The lowest BCUT2D eigenvalue weighted by Gasteiger charge is -2.07. The molecule has 15 rings (SSSR count). The first kappa shape index (κ1) is 81.0. The molecule has 11 aromatic carbocycles. The summed E-state index contributed by atoms with van der Waals surface area (Å²) in [4.78, 5) is 84.1. The number of nitrogens with two attached hydrogens (primary N) is 1. The zero-order valence-electron chi connectivity index (χ0n) is 67.1. The van der Waals surface area contributed by atoms with E-state index in [1.165, 1.54) is 33.4 Å². The number of carbonyl (C=O) groups is 5. The third-order valence-corrected chi connectivity index (χ3v) is 20.5. The second-order valence-corrected chi connectivity index (χ2v) is 29.1. The molecular formula is C97H98N11O5+. The van der Waals surface area contributed by atoms with Gasteiger partial charge in [-0.05, 0) is 203 Å². The number of hydrogen-bond donors (Lipinski definition) is 2. The first-order valence-corrected chi connectivity index (χ1v) is 37.9. The zero-order chi connectivity index (χ0) is 80.6. The summed E-state index contributed by atoms with van der Waals surface area (Å²) in [5.74, 6) is 4.17. The molecule has 0 unspecified atom stereocenters. The molecule has 0 saturated heterocycles. The molecule has 4 heterocycles. The van der Waals surface area contributed by atoms with E-state index in [2.05, 4.69) is 175 Å². The Morgan fingerprint density at radius 1 is 0.389 bits per heavy atom. The van der Waals surface area contributed by atoms with Gasteiger partial charge in [0.1, 0.15) is 30.0 Å². The average molecular weight is 1500 g/mol. The van der Waals surface area contributed by atoms with Crippen molar-refractivity contribution in [1.82, 2.24) is 33.6 Å². The van der Waals surface area contributed by atoms with Crippen LogP contribution in [0.15, 0.2) is 234 Å². The number of aromatic amines is 1. The fourth-order valence-corrected chi connectivity index (χ4v) is 13.7. The van der Waals surface area contributed by atoms with Gasteiger partial charge in [-0.2, -0.15) is 0 Å². The molecule has 0 atom stereocenters. The van der Waals surface area contributed by atoms with Crippen LogP contribution in [-0.2, 0) is 61.8 Å². The van der Waals surface area contributed by atoms with Crippen LogP contribution in [0.2, 0.25) is 0 Å². The van der Waals surface area contributed by atoms with Gasteiger partial charge in [-0.25, -0.2) is 24.5 Å². The molecule has 113 heavy (non-hydrogen) atoms. The molecule has 0 saturated carbocycles. The first-order valence-electron chi connectivity index (χ1n) is 37.9. The standard InChI is InChI=1S/2C27H27N3O.2C16H14N2O.C11H15NO/c1-18-8-11-22(12-9-18)27-29-25-14-21(10-13-26(25)30(27)4)16-28-17-23(31)15-24-19(2)6-5-7-20(24)3;1-18-8-11-22(12-9-18)27-29-25-13-10-21(14-26(25)30(27)4)16-28-17-23(31)15-24-19(2)6-5-7-20(24)3;1-11-3-6-13(7-4-11)16-17-14-9-12(10-19)5-8-15(14)18(16)2;1-11-3-6-13(7-4-11)16-17-14-8-5-12(10-19)9-15(14)18(16)2;1-8-4-3-5-9(2)11(8)6-10(13)7-12/h2*5-14,16H,15,17H2,1-4H3;2*3-10H,1-2H3;3-5H,6-7,12H2,1-2H3/p+1. The number of carbonyl (C=O) groups excluding carboxylic acids is 5. The highest BCUT2D eigenvalue weighted by Gasteiger charge is 2.19. The molecule has 0 fully saturated rings. The largest absolute Gasteiger partial charge is 0.327 e. The summed E-state index contributed by atoms with van der Waals surface area (Å²) in [7, 11) is 8.05. The molecule has 0 amide bonds. The van der Waals surface area contributed by atoms with Crippen LogP contribution in [0, 0.1) is 69.2 Å². The molecule has 0 aliphatic carbocycles. The summed E-state index contributed by atoms with van der Waals surface area (Å²) in [5, 5.41) is 0. The zero-order valence-corrected chi connectivity index (χ0v) is 67.1. The Kier molecular flexibility index (Phi) is 26.6. The molecule has 0 aliphatic heterocycles. The van der Waals surface area contributed by atoms with E-state index in [-0.39, 0.29) is 37.0 Å². The predicted octanol–water partition coefficient (Wildman–Crippen LogP) is 18.3. The van der Waals surface area contributed by atoms with Crippen molar-refractivity contribution < 1.29 is 28.5 Å². The highest BCUT2D eigenvalue weighted by atomic mass is 16.1. The third kappa shape index (κ3) is 20.1. The van der Waals surface area contributed by atoms with Gasteiger partial charge in [0.05, 0.1) is 65.3 Å². The Balaban J connectivity index is 0.000000144. The number of benzene rings is 11. The lowest BCUT2D eigenvalue weighted by Crippen LogP contribution is -2.29. The highest BCUT2D eigenvalue weighted by molar-refractivity contribution is 5.94. The summed E-state index contributed by atoms with van der Waals surface area (Å²) in [5.41, 5.74) is 36.1. The molecule has 3 N–H and O–H groups in total. The Morgan fingerprint density at radius 3 is 1.13 bits per heavy atom. The van der Waals surface area contributed by atoms with Crippen molar-refractivity contribution in [3.8, 4) is 45.6 Å². The van der Waals surface area contributed by atoms with Crippen molar-refractivity contribution in [2.75, 3.05) is 19.6 Å². The van der Waals surface area contributed by atoms with Gasteiger partial charge in [-0.15, -0.1) is 0 Å². The molecule has 4 aromatic heterocycles. The van der Waals surface area contributed by atoms with Gasteiger partial charge < -0.3 is 19.4 Å². The van der Waals surface area contributed by atoms with Gasteiger partial charge >= 0.3 is 0 Å². The molecule has 0 spiro atoms. The van der Waals surface area contributed by atoms with Crippen LogP contribution < -0.4 is 10.3 Å². The summed E-state index contributed by atoms with van der Waals surface area (Å²) in [6, 6.07) is 75.1. The summed E-state index contributed by atoms with van der Waals surface area (Å²) in [6.07, 6.45) is 6.58. The van der Waals surface area contributed by atoms with E-state index in [9.17, 15) is 24.0 Å². The van der Waals surface area contributed by atoms with Crippen molar-refractivity contribution in [2.24, 2.45) is 43.9 Å². The number of nitrogens with one attached hydrogen (secondary N) is 1. The van der Waals surface area contributed by atoms with Crippen LogP contribution in [0.1, 0.15) is 104 Å². The van der Waals surface area contributed by atoms with Crippen LogP contribution in [-0.4, -0.2) is 95.6 Å². The van der Waals surface area contributed by atoms with Gasteiger partial charge in [0, 0.05) is 80.7 Å². The van der Waals surface area contributed by atoms with E-state index >= 15 is 0 Å². The number of aromatic nitrogens is 8. The van der Waals surface area contributed by atoms with E-state index in [0.29, 0.717) is 30.4 Å². The quantitative estimate of drug-likeness (QED) is 0.0447. The molecular weight excluding hydrogens is 1400 g/mol. The normalized spacial score (nSPS) is 11.1. The van der Waals surface area contributed by atoms with Gasteiger partial charge in [0.15, 0.2) is 28.4 Å². The highest BCUT2D eigenvalue weighted by Crippen LogP contribution is 2.29. The van der Waals surface area contributed by atoms with Gasteiger partial charge in [0.25, 0.3) is 5.82 Å². The SMILES string of the molecule is Cc1ccc(-c2[nH]c3ccc(C=O)cc3[n+]2C)cc1.Cc1ccc(-c2nc3cc(C=NCC(=O)Cc4c(C)cccc4C)ccc3n2C)cc1.Cc1ccc(-c2nc3cc(C=O)ccc3n2C)cc1.Cc1ccc(-c2nc3ccc(C=NCC(=O)Cc4c(C)cccc4C)cc3n2C)cc1.Cc1cccc(C)c1CC(=O)CN. The summed E-state index contributed by atoms with van der Waals surface area (Å²) < 4.78 is 8.33. The topological polar surface area (TPSA) is 209 Å². The van der Waals surface area contributed by atoms with Crippen molar-refractivity contribution in [2.45, 2.75) is 88.5 Å². The van der Waals surface area contributed by atoms with E-state index in [1.807, 2.05) is 185 Å². The number of ketones is 3. The van der Waals surface area contributed by atoms with Crippen LogP contribution >= 0.6 is 0 Å². The number of aldehydes is 2. The molecule has 0 radical (unpaired) electrons.